The summed E-state index contributed by atoms with van der Waals surface area (Å²) in [6.07, 6.45) is 9.54. The van der Waals surface area contributed by atoms with Crippen LogP contribution >= 0.6 is 0 Å². The summed E-state index contributed by atoms with van der Waals surface area (Å²) in [6.45, 7) is 4.50. The van der Waals surface area contributed by atoms with Crippen molar-refractivity contribution in [3.8, 4) is 0 Å². The lowest BCUT2D eigenvalue weighted by Crippen LogP contribution is -1.98. The van der Waals surface area contributed by atoms with E-state index in [0.29, 0.717) is 0 Å². The summed E-state index contributed by atoms with van der Waals surface area (Å²) in [6, 6.07) is 0. The minimum atomic E-state index is 0.746. The Morgan fingerprint density at radius 1 is 1.36 bits per heavy atom. The van der Waals surface area contributed by atoms with Crippen molar-refractivity contribution in [1.29, 1.82) is 0 Å². The SMILES string of the molecule is CC1=CCC2=CCC(C)C=C12. The van der Waals surface area contributed by atoms with Gasteiger partial charge in [-0.3, -0.25) is 0 Å². The van der Waals surface area contributed by atoms with Crippen LogP contribution < -0.4 is 0 Å². The highest BCUT2D eigenvalue weighted by molar-refractivity contribution is 5.53. The number of hydrogen-bond acceptors (Lipinski definition) is 0. The second-order valence-electron chi connectivity index (χ2n) is 3.61. The van der Waals surface area contributed by atoms with E-state index in [-0.39, 0.29) is 0 Å². The summed E-state index contributed by atoms with van der Waals surface area (Å²) >= 11 is 0. The first kappa shape index (κ1) is 6.90. The van der Waals surface area contributed by atoms with Crippen molar-refractivity contribution in [3.63, 3.8) is 0 Å². The summed E-state index contributed by atoms with van der Waals surface area (Å²) in [5, 5.41) is 0. The molecule has 0 saturated heterocycles. The van der Waals surface area contributed by atoms with Crippen molar-refractivity contribution in [1.82, 2.24) is 0 Å². The van der Waals surface area contributed by atoms with Gasteiger partial charge in [-0.1, -0.05) is 25.2 Å². The van der Waals surface area contributed by atoms with Crippen LogP contribution in [-0.2, 0) is 0 Å². The van der Waals surface area contributed by atoms with Gasteiger partial charge < -0.3 is 0 Å². The van der Waals surface area contributed by atoms with E-state index >= 15 is 0 Å². The van der Waals surface area contributed by atoms with Crippen molar-refractivity contribution in [2.75, 3.05) is 0 Å². The Bertz CT molecular complexity index is 264. The van der Waals surface area contributed by atoms with Gasteiger partial charge in [0.05, 0.1) is 0 Å². The third kappa shape index (κ3) is 1.07. The van der Waals surface area contributed by atoms with E-state index in [1.807, 2.05) is 0 Å². The monoisotopic (exact) mass is 146 g/mol. The van der Waals surface area contributed by atoms with Gasteiger partial charge >= 0.3 is 0 Å². The largest absolute Gasteiger partial charge is 0.0798 e. The molecule has 0 aromatic carbocycles. The van der Waals surface area contributed by atoms with E-state index in [2.05, 4.69) is 32.1 Å². The maximum atomic E-state index is 2.41. The maximum Gasteiger partial charge on any atom is -0.00888 e. The lowest BCUT2D eigenvalue weighted by atomic mass is 9.91. The second kappa shape index (κ2) is 2.37. The lowest BCUT2D eigenvalue weighted by molar-refractivity contribution is 0.724. The minimum Gasteiger partial charge on any atom is -0.0798 e. The smallest absolute Gasteiger partial charge is 0.00888 e. The van der Waals surface area contributed by atoms with Crippen LogP contribution in [0, 0.1) is 5.92 Å². The number of hydrogen-bond donors (Lipinski definition) is 0. The van der Waals surface area contributed by atoms with Crippen molar-refractivity contribution < 1.29 is 0 Å². The van der Waals surface area contributed by atoms with Gasteiger partial charge in [0.1, 0.15) is 0 Å². The maximum absolute atomic E-state index is 2.41. The Hall–Kier alpha value is -0.780. The highest BCUT2D eigenvalue weighted by Crippen LogP contribution is 2.35. The van der Waals surface area contributed by atoms with Crippen LogP contribution in [0.3, 0.4) is 0 Å². The second-order valence-corrected chi connectivity index (χ2v) is 3.61. The fraction of sp³-hybridized carbons (Fsp3) is 0.455. The van der Waals surface area contributed by atoms with Gasteiger partial charge in [-0.05, 0) is 42.4 Å². The Morgan fingerprint density at radius 3 is 3.00 bits per heavy atom. The molecule has 11 heavy (non-hydrogen) atoms. The van der Waals surface area contributed by atoms with Crippen LogP contribution in [-0.4, -0.2) is 0 Å². The Morgan fingerprint density at radius 2 is 2.18 bits per heavy atom. The molecule has 0 bridgehead atoms. The molecule has 0 saturated carbocycles. The molecule has 0 radical (unpaired) electrons. The van der Waals surface area contributed by atoms with E-state index in [4.69, 9.17) is 0 Å². The molecule has 2 aliphatic rings. The quantitative estimate of drug-likeness (QED) is 0.492. The van der Waals surface area contributed by atoms with Crippen molar-refractivity contribution >= 4 is 0 Å². The molecule has 2 rings (SSSR count). The molecule has 1 unspecified atom stereocenters. The lowest BCUT2D eigenvalue weighted by Gasteiger charge is -2.14. The predicted molar refractivity (Wildman–Crippen MR) is 48.3 cm³/mol. The third-order valence-electron chi connectivity index (χ3n) is 2.59. The molecule has 0 fully saturated rings. The molecule has 1 atom stereocenters. The summed E-state index contributed by atoms with van der Waals surface area (Å²) < 4.78 is 0. The Labute approximate surface area is 68.3 Å². The summed E-state index contributed by atoms with van der Waals surface area (Å²) in [5.74, 6) is 0.746. The fourth-order valence-corrected chi connectivity index (χ4v) is 1.85. The standard InChI is InChI=1S/C11H14/c1-8-3-5-10-6-4-9(2)11(10)7-8/h4-5,7-8H,3,6H2,1-2H3. The normalized spacial score (nSPS) is 28.9. The summed E-state index contributed by atoms with van der Waals surface area (Å²) in [7, 11) is 0. The molecule has 0 aromatic rings. The van der Waals surface area contributed by atoms with Gasteiger partial charge in [0.2, 0.25) is 0 Å². The van der Waals surface area contributed by atoms with Gasteiger partial charge in [0, 0.05) is 0 Å². The van der Waals surface area contributed by atoms with Crippen LogP contribution in [0.2, 0.25) is 0 Å². The molecule has 58 valence electrons. The first-order valence-corrected chi connectivity index (χ1v) is 4.36. The molecule has 0 amide bonds. The summed E-state index contributed by atoms with van der Waals surface area (Å²) in [5.41, 5.74) is 4.55. The van der Waals surface area contributed by atoms with Crippen LogP contribution in [0.5, 0.6) is 0 Å². The topological polar surface area (TPSA) is 0 Å². The first-order chi connectivity index (χ1) is 5.27. The number of fused-ring (bicyclic) bond motifs is 1. The average Bonchev–Trinajstić information content (AvgIpc) is 2.33. The van der Waals surface area contributed by atoms with Gasteiger partial charge in [-0.2, -0.15) is 0 Å². The van der Waals surface area contributed by atoms with Crippen molar-refractivity contribution in [3.05, 3.63) is 34.9 Å². The third-order valence-corrected chi connectivity index (χ3v) is 2.59. The number of allylic oxidation sites excluding steroid dienone is 6. The first-order valence-electron chi connectivity index (χ1n) is 4.36. The van der Waals surface area contributed by atoms with Crippen LogP contribution in [0.4, 0.5) is 0 Å². The zero-order valence-electron chi connectivity index (χ0n) is 7.22. The Kier molecular flexibility index (Phi) is 1.49. The van der Waals surface area contributed by atoms with Gasteiger partial charge in [0.25, 0.3) is 0 Å². The molecule has 0 nitrogen and oxygen atoms in total. The van der Waals surface area contributed by atoms with E-state index in [0.717, 1.165) is 5.92 Å². The number of rotatable bonds is 0. The molecular weight excluding hydrogens is 132 g/mol. The minimum absolute atomic E-state index is 0.746. The van der Waals surface area contributed by atoms with Gasteiger partial charge in [0.15, 0.2) is 0 Å². The highest BCUT2D eigenvalue weighted by atomic mass is 14.2. The van der Waals surface area contributed by atoms with E-state index in [1.165, 1.54) is 24.0 Å². The van der Waals surface area contributed by atoms with Crippen LogP contribution in [0.1, 0.15) is 26.7 Å². The van der Waals surface area contributed by atoms with Gasteiger partial charge in [-0.15, -0.1) is 0 Å². The summed E-state index contributed by atoms with van der Waals surface area (Å²) in [4.78, 5) is 0. The van der Waals surface area contributed by atoms with Crippen LogP contribution in [0.25, 0.3) is 0 Å². The molecular formula is C11H14. The van der Waals surface area contributed by atoms with Crippen LogP contribution in [0.15, 0.2) is 34.9 Å². The predicted octanol–water partition coefficient (Wildman–Crippen LogP) is 3.23. The van der Waals surface area contributed by atoms with E-state index in [1.54, 1.807) is 5.57 Å². The van der Waals surface area contributed by atoms with Gasteiger partial charge in [-0.25, -0.2) is 0 Å². The molecule has 0 N–H and O–H groups in total. The molecule has 0 aliphatic heterocycles. The average molecular weight is 146 g/mol. The zero-order valence-corrected chi connectivity index (χ0v) is 7.22. The Balaban J connectivity index is 2.37. The molecule has 0 aromatic heterocycles. The van der Waals surface area contributed by atoms with Crippen molar-refractivity contribution in [2.24, 2.45) is 5.92 Å². The molecule has 2 aliphatic carbocycles. The molecule has 0 heteroatoms. The molecule has 0 spiro atoms. The highest BCUT2D eigenvalue weighted by Gasteiger charge is 2.17. The van der Waals surface area contributed by atoms with E-state index < -0.39 is 0 Å². The van der Waals surface area contributed by atoms with Crippen molar-refractivity contribution in [2.45, 2.75) is 26.7 Å². The molecule has 0 heterocycles. The van der Waals surface area contributed by atoms with E-state index in [9.17, 15) is 0 Å². The zero-order chi connectivity index (χ0) is 7.84. The fourth-order valence-electron chi connectivity index (χ4n) is 1.85.